The summed E-state index contributed by atoms with van der Waals surface area (Å²) < 4.78 is 19.0. The number of nitrogens with zero attached hydrogens (tertiary/aromatic N) is 1. The van der Waals surface area contributed by atoms with Gasteiger partial charge in [0, 0.05) is 10.6 Å². The van der Waals surface area contributed by atoms with Gasteiger partial charge < -0.3 is 4.74 Å². The van der Waals surface area contributed by atoms with Crippen LogP contribution in [-0.4, -0.2) is 22.7 Å². The third-order valence-electron chi connectivity index (χ3n) is 4.72. The molecule has 0 N–H and O–H groups in total. The molecule has 0 saturated carbocycles. The summed E-state index contributed by atoms with van der Waals surface area (Å²) in [5.41, 5.74) is 1.25. The van der Waals surface area contributed by atoms with Gasteiger partial charge in [-0.05, 0) is 59.3 Å². The number of hydrogen-bond donors (Lipinski definition) is 0. The Bertz CT molecular complexity index is 1190. The summed E-state index contributed by atoms with van der Waals surface area (Å²) in [6.45, 7) is 2.35. The molecule has 1 heterocycles. The van der Waals surface area contributed by atoms with E-state index in [0.29, 0.717) is 22.8 Å². The average molecular weight is 442 g/mol. The van der Waals surface area contributed by atoms with Crippen molar-refractivity contribution in [1.29, 1.82) is 0 Å². The Morgan fingerprint density at radius 1 is 1.13 bits per heavy atom. The molecule has 1 aliphatic rings. The van der Waals surface area contributed by atoms with Gasteiger partial charge in [-0.25, -0.2) is 4.39 Å². The molecule has 152 valence electrons. The first kappa shape index (κ1) is 20.4. The molecule has 3 aromatic rings. The third kappa shape index (κ3) is 3.93. The van der Waals surface area contributed by atoms with E-state index in [4.69, 9.17) is 16.3 Å². The number of imide groups is 1. The highest BCUT2D eigenvalue weighted by Gasteiger charge is 2.35. The van der Waals surface area contributed by atoms with E-state index in [1.165, 1.54) is 12.1 Å². The van der Waals surface area contributed by atoms with Gasteiger partial charge in [0.2, 0.25) is 0 Å². The van der Waals surface area contributed by atoms with Crippen molar-refractivity contribution in [3.63, 3.8) is 0 Å². The van der Waals surface area contributed by atoms with Crippen LogP contribution in [0.5, 0.6) is 5.75 Å². The van der Waals surface area contributed by atoms with Gasteiger partial charge >= 0.3 is 0 Å². The molecular formula is C23H17ClFNO3S. The standard InChI is InChI=1S/C23H17ClFNO3S/c1-2-29-20-10-8-14-5-3-4-6-17(14)18(20)12-21-22(27)26(23(28)30-21)13-15-7-9-16(25)11-19(15)24/h3-12H,2,13H2,1H3/b21-12+. The van der Waals surface area contributed by atoms with E-state index in [9.17, 15) is 14.0 Å². The van der Waals surface area contributed by atoms with Gasteiger partial charge in [-0.2, -0.15) is 0 Å². The van der Waals surface area contributed by atoms with Crippen LogP contribution in [0.4, 0.5) is 9.18 Å². The highest BCUT2D eigenvalue weighted by molar-refractivity contribution is 8.18. The lowest BCUT2D eigenvalue weighted by atomic mass is 10.0. The van der Waals surface area contributed by atoms with Crippen LogP contribution >= 0.6 is 23.4 Å². The van der Waals surface area contributed by atoms with Crippen molar-refractivity contribution in [3.8, 4) is 5.75 Å². The molecule has 0 spiro atoms. The first-order valence-electron chi connectivity index (χ1n) is 9.31. The van der Waals surface area contributed by atoms with E-state index in [1.54, 1.807) is 6.08 Å². The molecule has 7 heteroatoms. The number of fused-ring (bicyclic) bond motifs is 1. The molecule has 0 atom stereocenters. The number of thioether (sulfide) groups is 1. The van der Waals surface area contributed by atoms with Gasteiger partial charge in [0.15, 0.2) is 0 Å². The topological polar surface area (TPSA) is 46.6 Å². The van der Waals surface area contributed by atoms with Gasteiger partial charge in [-0.15, -0.1) is 0 Å². The van der Waals surface area contributed by atoms with Crippen LogP contribution in [0.3, 0.4) is 0 Å². The minimum atomic E-state index is -0.475. The molecule has 0 aliphatic carbocycles. The number of carbonyl (C=O) groups is 2. The molecule has 4 nitrogen and oxygen atoms in total. The Labute approximate surface area is 182 Å². The van der Waals surface area contributed by atoms with Crippen molar-refractivity contribution in [3.05, 3.63) is 81.5 Å². The zero-order valence-electron chi connectivity index (χ0n) is 16.0. The minimum Gasteiger partial charge on any atom is -0.493 e. The zero-order chi connectivity index (χ0) is 21.3. The van der Waals surface area contributed by atoms with Crippen molar-refractivity contribution in [1.82, 2.24) is 4.90 Å². The Hall–Kier alpha value is -2.83. The molecule has 0 radical (unpaired) electrons. The van der Waals surface area contributed by atoms with Crippen molar-refractivity contribution in [2.75, 3.05) is 6.61 Å². The predicted molar refractivity (Wildman–Crippen MR) is 118 cm³/mol. The van der Waals surface area contributed by atoms with Crippen LogP contribution in [0.15, 0.2) is 59.5 Å². The van der Waals surface area contributed by atoms with E-state index in [1.807, 2.05) is 43.3 Å². The zero-order valence-corrected chi connectivity index (χ0v) is 17.6. The molecule has 1 aliphatic heterocycles. The second-order valence-corrected chi connectivity index (χ2v) is 8.04. The first-order chi connectivity index (χ1) is 14.5. The number of carbonyl (C=O) groups excluding carboxylic acids is 2. The maximum Gasteiger partial charge on any atom is 0.293 e. The molecule has 4 rings (SSSR count). The molecule has 0 bridgehead atoms. The van der Waals surface area contributed by atoms with E-state index < -0.39 is 17.0 Å². The fraction of sp³-hybridized carbons (Fsp3) is 0.130. The fourth-order valence-electron chi connectivity index (χ4n) is 3.29. The second-order valence-electron chi connectivity index (χ2n) is 6.64. The monoisotopic (exact) mass is 441 g/mol. The number of rotatable bonds is 5. The van der Waals surface area contributed by atoms with Crippen LogP contribution in [0.1, 0.15) is 18.1 Å². The molecule has 2 amide bonds. The van der Waals surface area contributed by atoms with E-state index >= 15 is 0 Å². The molecular weight excluding hydrogens is 425 g/mol. The lowest BCUT2D eigenvalue weighted by molar-refractivity contribution is -0.123. The molecule has 0 unspecified atom stereocenters. The number of hydrogen-bond acceptors (Lipinski definition) is 4. The molecule has 3 aromatic carbocycles. The van der Waals surface area contributed by atoms with E-state index in [2.05, 4.69) is 0 Å². The summed E-state index contributed by atoms with van der Waals surface area (Å²) in [6, 6.07) is 15.5. The van der Waals surface area contributed by atoms with E-state index in [-0.39, 0.29) is 11.6 Å². The Balaban J connectivity index is 1.71. The SMILES string of the molecule is CCOc1ccc2ccccc2c1/C=C1/SC(=O)N(Cc2ccc(F)cc2Cl)C1=O. The molecule has 30 heavy (non-hydrogen) atoms. The summed E-state index contributed by atoms with van der Waals surface area (Å²) in [5, 5.41) is 1.71. The van der Waals surface area contributed by atoms with Crippen LogP contribution in [-0.2, 0) is 11.3 Å². The first-order valence-corrected chi connectivity index (χ1v) is 10.5. The normalized spacial score (nSPS) is 15.4. The summed E-state index contributed by atoms with van der Waals surface area (Å²) in [6.07, 6.45) is 1.70. The number of amides is 2. The van der Waals surface area contributed by atoms with Crippen molar-refractivity contribution < 1.29 is 18.7 Å². The highest BCUT2D eigenvalue weighted by Crippen LogP contribution is 2.37. The molecule has 1 saturated heterocycles. The Morgan fingerprint density at radius 2 is 1.93 bits per heavy atom. The lowest BCUT2D eigenvalue weighted by Crippen LogP contribution is -2.27. The maximum atomic E-state index is 13.3. The Morgan fingerprint density at radius 3 is 2.70 bits per heavy atom. The molecule has 1 fully saturated rings. The summed E-state index contributed by atoms with van der Waals surface area (Å²) in [7, 11) is 0. The van der Waals surface area contributed by atoms with Crippen LogP contribution in [0.2, 0.25) is 5.02 Å². The quantitative estimate of drug-likeness (QED) is 0.438. The van der Waals surface area contributed by atoms with Crippen molar-refractivity contribution in [2.45, 2.75) is 13.5 Å². The van der Waals surface area contributed by atoms with Gasteiger partial charge in [0.25, 0.3) is 11.1 Å². The number of ether oxygens (including phenoxy) is 1. The van der Waals surface area contributed by atoms with E-state index in [0.717, 1.165) is 39.1 Å². The number of benzene rings is 3. The van der Waals surface area contributed by atoms with Crippen molar-refractivity contribution >= 4 is 51.4 Å². The average Bonchev–Trinajstić information content (AvgIpc) is 2.99. The Kier molecular flexibility index (Phi) is 5.79. The highest BCUT2D eigenvalue weighted by atomic mass is 35.5. The van der Waals surface area contributed by atoms with Gasteiger partial charge in [-0.1, -0.05) is 48.0 Å². The smallest absolute Gasteiger partial charge is 0.293 e. The summed E-state index contributed by atoms with van der Waals surface area (Å²) in [5.74, 6) is -0.248. The third-order valence-corrected chi connectivity index (χ3v) is 5.98. The van der Waals surface area contributed by atoms with Gasteiger partial charge in [-0.3, -0.25) is 14.5 Å². The van der Waals surface area contributed by atoms with Crippen molar-refractivity contribution in [2.24, 2.45) is 0 Å². The van der Waals surface area contributed by atoms with Crippen LogP contribution in [0.25, 0.3) is 16.8 Å². The molecule has 0 aromatic heterocycles. The number of halogens is 2. The van der Waals surface area contributed by atoms with Gasteiger partial charge in [0.05, 0.1) is 18.1 Å². The van der Waals surface area contributed by atoms with Gasteiger partial charge in [0.1, 0.15) is 11.6 Å². The summed E-state index contributed by atoms with van der Waals surface area (Å²) in [4.78, 5) is 26.9. The predicted octanol–water partition coefficient (Wildman–Crippen LogP) is 6.27. The minimum absolute atomic E-state index is 0.0189. The summed E-state index contributed by atoms with van der Waals surface area (Å²) >= 11 is 6.93. The van der Waals surface area contributed by atoms with Crippen LogP contribution < -0.4 is 4.74 Å². The fourth-order valence-corrected chi connectivity index (χ4v) is 4.34. The second kappa shape index (κ2) is 8.50. The maximum absolute atomic E-state index is 13.3. The largest absolute Gasteiger partial charge is 0.493 e. The van der Waals surface area contributed by atoms with Crippen LogP contribution in [0, 0.1) is 5.82 Å². The lowest BCUT2D eigenvalue weighted by Gasteiger charge is -2.14.